The zero-order valence-electron chi connectivity index (χ0n) is 8.99. The van der Waals surface area contributed by atoms with Crippen molar-refractivity contribution in [2.24, 2.45) is 0 Å². The van der Waals surface area contributed by atoms with E-state index in [-0.39, 0.29) is 12.2 Å². The van der Waals surface area contributed by atoms with Gasteiger partial charge in [0.1, 0.15) is 0 Å². The summed E-state index contributed by atoms with van der Waals surface area (Å²) in [7, 11) is 12.0. The molecule has 1 unspecified atom stereocenters. The maximum absolute atomic E-state index is 6.01. The fraction of sp³-hybridized carbons (Fsp3) is 0.455. The minimum absolute atomic E-state index is 0.0767. The van der Waals surface area contributed by atoms with Crippen LogP contribution in [0, 0.1) is 0 Å². The van der Waals surface area contributed by atoms with Gasteiger partial charge in [-0.05, 0) is 0 Å². The van der Waals surface area contributed by atoms with E-state index in [9.17, 15) is 0 Å². The summed E-state index contributed by atoms with van der Waals surface area (Å²) in [6, 6.07) is 10.2. The van der Waals surface area contributed by atoms with Crippen molar-refractivity contribution in [3.8, 4) is 0 Å². The van der Waals surface area contributed by atoms with Gasteiger partial charge in [-0.25, -0.2) is 0 Å². The molecule has 1 rings (SSSR count). The Bertz CT molecular complexity index is 267. The van der Waals surface area contributed by atoms with Gasteiger partial charge in [0.15, 0.2) is 0 Å². The molecule has 0 heterocycles. The van der Waals surface area contributed by atoms with Crippen LogP contribution < -0.4 is 0 Å². The molecule has 0 radical (unpaired) electrons. The van der Waals surface area contributed by atoms with Crippen molar-refractivity contribution in [3.63, 3.8) is 0 Å². The normalized spacial score (nSPS) is 12.9. The number of hydrogen-bond acceptors (Lipinski definition) is 1. The van der Waals surface area contributed by atoms with Crippen LogP contribution in [-0.4, -0.2) is 26.4 Å². The molecule has 0 aromatic heterocycles. The average molecular weight is 439 g/mol. The van der Waals surface area contributed by atoms with Crippen molar-refractivity contribution in [1.82, 2.24) is 0 Å². The molecule has 82 valence electrons. The van der Waals surface area contributed by atoms with Crippen molar-refractivity contribution < 1.29 is 4.74 Å². The Morgan fingerprint density at radius 2 is 1.80 bits per heavy atom. The Morgan fingerprint density at radius 1 is 1.20 bits per heavy atom. The molecule has 0 N–H and O–H groups in total. The molecule has 4 heteroatoms. The average Bonchev–Trinajstić information content (AvgIpc) is 2.17. The van der Waals surface area contributed by atoms with Crippen LogP contribution in [-0.2, 0) is 4.74 Å². The molecule has 0 aliphatic heterocycles. The molecule has 1 aromatic carbocycles. The zero-order chi connectivity index (χ0) is 11.3. The van der Waals surface area contributed by atoms with Crippen molar-refractivity contribution in [3.05, 3.63) is 35.9 Å². The summed E-state index contributed by atoms with van der Waals surface area (Å²) >= 11 is -2.38. The Morgan fingerprint density at radius 3 is 2.27 bits per heavy atom. The van der Waals surface area contributed by atoms with Crippen molar-refractivity contribution >= 4 is 36.9 Å². The summed E-state index contributed by atoms with van der Waals surface area (Å²) in [5.41, 5.74) is 1.18. The molecule has 1 aromatic rings. The molecular weight excluding hydrogens is 423 g/mol. The molecule has 1 nitrogen and oxygen atoms in total. The van der Waals surface area contributed by atoms with E-state index < -0.39 is 20.3 Å². The first kappa shape index (κ1) is 13.7. The van der Waals surface area contributed by atoms with Crippen LogP contribution in [0.25, 0.3) is 0 Å². The Balaban J connectivity index is 2.72. The molecule has 0 saturated heterocycles. The third-order valence-electron chi connectivity index (χ3n) is 2.00. The Hall–Kier alpha value is 0.682. The first-order chi connectivity index (χ1) is 7.09. The minimum atomic E-state index is -2.38. The van der Waals surface area contributed by atoms with Crippen LogP contribution in [0.5, 0.6) is 0 Å². The number of rotatable bonds is 5. The molecule has 0 amide bonds. The summed E-state index contributed by atoms with van der Waals surface area (Å²) in [6.45, 7) is 4.06. The quantitative estimate of drug-likeness (QED) is 0.629. The van der Waals surface area contributed by atoms with E-state index in [1.165, 1.54) is 5.56 Å². The molecule has 1 atom stereocenters. The number of halogens is 2. The van der Waals surface area contributed by atoms with Crippen LogP contribution in [0.1, 0.15) is 25.5 Å². The van der Waals surface area contributed by atoms with E-state index in [1.807, 2.05) is 32.0 Å². The van der Waals surface area contributed by atoms with Gasteiger partial charge in [-0.3, -0.25) is 0 Å². The molecule has 0 aliphatic carbocycles. The molecule has 0 bridgehead atoms. The topological polar surface area (TPSA) is 9.23 Å². The standard InChI is InChI=1S/C11H15O.2ClH.Tl/c1-9(2)12-10(3)11-7-5-4-6-8-11;;;/h4-10H,3H2,1-2H3;2*1H;/q;;;+2/p-2. The SMILES string of the molecule is CC(C)OC([CH2][Tl]([Cl])[Cl])c1ccccc1. The Kier molecular flexibility index (Phi) is 6.50. The van der Waals surface area contributed by atoms with Gasteiger partial charge >= 0.3 is 108 Å². The summed E-state index contributed by atoms with van der Waals surface area (Å²) in [5.74, 6) is 0. The van der Waals surface area contributed by atoms with E-state index in [1.54, 1.807) is 0 Å². The van der Waals surface area contributed by atoms with Gasteiger partial charge in [0, 0.05) is 0 Å². The van der Waals surface area contributed by atoms with Crippen LogP contribution in [0.3, 0.4) is 0 Å². The molecule has 15 heavy (non-hydrogen) atoms. The van der Waals surface area contributed by atoms with Gasteiger partial charge in [-0.1, -0.05) is 0 Å². The van der Waals surface area contributed by atoms with Crippen molar-refractivity contribution in [2.45, 2.75) is 30.0 Å². The first-order valence-corrected chi connectivity index (χ1v) is 19.3. The maximum atomic E-state index is 6.01. The zero-order valence-corrected chi connectivity index (χ0v) is 15.0. The van der Waals surface area contributed by atoms with Gasteiger partial charge < -0.3 is 0 Å². The predicted molar refractivity (Wildman–Crippen MR) is 67.7 cm³/mol. The van der Waals surface area contributed by atoms with Crippen LogP contribution >= 0.6 is 16.6 Å². The molecular formula is C11H15Cl2OTl. The number of benzene rings is 1. The summed E-state index contributed by atoms with van der Waals surface area (Å²) in [5, 5.41) is 0. The predicted octanol–water partition coefficient (Wildman–Crippen LogP) is 4.12. The number of ether oxygens (including phenoxy) is 1. The Labute approximate surface area is 107 Å². The monoisotopic (exact) mass is 438 g/mol. The molecule has 0 spiro atoms. The van der Waals surface area contributed by atoms with E-state index in [4.69, 9.17) is 21.4 Å². The van der Waals surface area contributed by atoms with Gasteiger partial charge in [-0.15, -0.1) is 0 Å². The molecule has 0 saturated carbocycles. The van der Waals surface area contributed by atoms with Crippen molar-refractivity contribution in [2.75, 3.05) is 0 Å². The van der Waals surface area contributed by atoms with Crippen LogP contribution in [0.4, 0.5) is 0 Å². The van der Waals surface area contributed by atoms with E-state index in [0.717, 1.165) is 3.98 Å². The second kappa shape index (κ2) is 7.09. The van der Waals surface area contributed by atoms with E-state index >= 15 is 0 Å². The summed E-state index contributed by atoms with van der Waals surface area (Å²) in [4.78, 5) is 0. The second-order valence-corrected chi connectivity index (χ2v) is 19.8. The summed E-state index contributed by atoms with van der Waals surface area (Å²) < 4.78 is 6.67. The number of hydrogen-bond donors (Lipinski definition) is 0. The fourth-order valence-corrected chi connectivity index (χ4v) is 7.02. The van der Waals surface area contributed by atoms with E-state index in [0.29, 0.717) is 0 Å². The van der Waals surface area contributed by atoms with Crippen LogP contribution in [0.15, 0.2) is 30.3 Å². The third kappa shape index (κ3) is 5.52. The fourth-order valence-electron chi connectivity index (χ4n) is 1.43. The molecule has 0 aliphatic rings. The van der Waals surface area contributed by atoms with Gasteiger partial charge in [-0.2, -0.15) is 0 Å². The molecule has 0 fully saturated rings. The second-order valence-electron chi connectivity index (χ2n) is 3.71. The van der Waals surface area contributed by atoms with Gasteiger partial charge in [0.2, 0.25) is 0 Å². The van der Waals surface area contributed by atoms with Gasteiger partial charge in [0.25, 0.3) is 0 Å². The third-order valence-corrected chi connectivity index (χ3v) is 8.18. The van der Waals surface area contributed by atoms with Gasteiger partial charge in [0.05, 0.1) is 0 Å². The van der Waals surface area contributed by atoms with E-state index in [2.05, 4.69) is 12.1 Å². The van der Waals surface area contributed by atoms with Crippen molar-refractivity contribution in [1.29, 1.82) is 0 Å². The summed E-state index contributed by atoms with van der Waals surface area (Å²) in [6.07, 6.45) is 0.281. The van der Waals surface area contributed by atoms with Crippen LogP contribution in [0.2, 0.25) is 3.98 Å². The first-order valence-electron chi connectivity index (χ1n) is 5.08.